The van der Waals surface area contributed by atoms with E-state index in [0.717, 1.165) is 0 Å². The van der Waals surface area contributed by atoms with Crippen LogP contribution in [0.3, 0.4) is 0 Å². The largest absolute Gasteiger partial charge is 1.00 e. The molecule has 2 fully saturated rings. The van der Waals surface area contributed by atoms with Crippen LogP contribution in [0.4, 0.5) is 0 Å². The first kappa shape index (κ1) is 24.6. The van der Waals surface area contributed by atoms with Crippen LogP contribution in [0, 0.1) is 11.8 Å². The summed E-state index contributed by atoms with van der Waals surface area (Å²) >= 11 is 0. The first-order valence-electron chi connectivity index (χ1n) is 7.93. The van der Waals surface area contributed by atoms with E-state index in [-0.39, 0.29) is 70.3 Å². The van der Waals surface area contributed by atoms with Crippen molar-refractivity contribution in [1.29, 1.82) is 0 Å². The Hall–Kier alpha value is 0.600. The molecule has 2 aliphatic carbocycles. The fourth-order valence-corrected chi connectivity index (χ4v) is 3.72. The topological polar surface area (TPSA) is 121 Å². The molecule has 24 heavy (non-hydrogen) atoms. The summed E-state index contributed by atoms with van der Waals surface area (Å²) in [6.07, 6.45) is 2.72. The van der Waals surface area contributed by atoms with Gasteiger partial charge in [-0.3, -0.25) is 0 Å². The van der Waals surface area contributed by atoms with E-state index in [9.17, 15) is 30.0 Å². The Bertz CT molecular complexity index is 421. The van der Waals surface area contributed by atoms with E-state index in [2.05, 4.69) is 0 Å². The fraction of sp³-hybridized carbons (Fsp3) is 0.750. The number of rotatable bonds is 4. The minimum Gasteiger partial charge on any atom is -0.545 e. The van der Waals surface area contributed by atoms with Crippen LogP contribution in [0.25, 0.3) is 0 Å². The van der Waals surface area contributed by atoms with Gasteiger partial charge in [-0.25, -0.2) is 0 Å². The van der Waals surface area contributed by atoms with Gasteiger partial charge in [0.1, 0.15) is 0 Å². The van der Waals surface area contributed by atoms with Gasteiger partial charge in [-0.15, -0.1) is 0 Å². The molecule has 0 aliphatic heterocycles. The number of carbonyl (C=O) groups is 2. The van der Waals surface area contributed by atoms with Crippen molar-refractivity contribution in [1.82, 2.24) is 0 Å². The van der Waals surface area contributed by atoms with E-state index in [1.54, 1.807) is 0 Å². The second-order valence-electron chi connectivity index (χ2n) is 6.41. The summed E-state index contributed by atoms with van der Waals surface area (Å²) in [7, 11) is 0. The molecule has 0 bridgehead atoms. The molecule has 124 valence electrons. The molecule has 2 saturated carbocycles. The Morgan fingerprint density at radius 3 is 1.08 bits per heavy atom. The van der Waals surface area contributed by atoms with Crippen LogP contribution in [0.1, 0.15) is 51.4 Å². The third kappa shape index (κ3) is 6.40. The first-order chi connectivity index (χ1) is 10.4. The molecule has 0 aromatic rings. The van der Waals surface area contributed by atoms with Gasteiger partial charge in [0.25, 0.3) is 0 Å². The molecule has 8 heteroatoms. The van der Waals surface area contributed by atoms with Crippen LogP contribution >= 0.6 is 0 Å². The molecular weight excluding hydrogens is 334 g/mol. The number of carboxylic acids is 2. The Kier molecular flexibility index (Phi) is 11.6. The van der Waals surface area contributed by atoms with E-state index in [1.807, 2.05) is 0 Å². The van der Waals surface area contributed by atoms with Gasteiger partial charge in [0.15, 0.2) is 0 Å². The summed E-state index contributed by atoms with van der Waals surface area (Å²) in [5.74, 6) is -3.72. The number of aliphatic carboxylic acids is 2. The molecule has 6 nitrogen and oxygen atoms in total. The van der Waals surface area contributed by atoms with Gasteiger partial charge in [0.2, 0.25) is 0 Å². The van der Waals surface area contributed by atoms with Crippen LogP contribution in [-0.2, 0) is 9.59 Å². The summed E-state index contributed by atoms with van der Waals surface area (Å²) in [4.78, 5) is 23.1. The number of carboxylic acid groups (broad SMARTS) is 2. The van der Waals surface area contributed by atoms with Gasteiger partial charge in [-0.2, -0.15) is 0 Å². The third-order valence-electron chi connectivity index (χ3n) is 4.94. The van der Waals surface area contributed by atoms with Crippen LogP contribution in [-0.4, -0.2) is 34.4 Å². The van der Waals surface area contributed by atoms with Crippen molar-refractivity contribution in [3.63, 3.8) is 0 Å². The van der Waals surface area contributed by atoms with Crippen molar-refractivity contribution in [2.75, 3.05) is 0 Å². The molecule has 0 atom stereocenters. The quantitative estimate of drug-likeness (QED) is 0.381. The minimum atomic E-state index is -1.45. The van der Waals surface area contributed by atoms with Crippen molar-refractivity contribution < 1.29 is 89.1 Å². The zero-order valence-electron chi connectivity index (χ0n) is 14.5. The van der Waals surface area contributed by atoms with Gasteiger partial charge in [-0.05, 0) is 74.3 Å². The molecule has 0 heterocycles. The average Bonchev–Trinajstić information content (AvgIpc) is 2.46. The Morgan fingerprint density at radius 1 is 0.625 bits per heavy atom. The summed E-state index contributed by atoms with van der Waals surface area (Å²) in [6.45, 7) is 0. The molecule has 0 aromatic carbocycles. The summed E-state index contributed by atoms with van der Waals surface area (Å²) < 4.78 is 0. The molecule has 0 unspecified atom stereocenters. The molecule has 0 amide bonds. The first-order valence-corrected chi connectivity index (χ1v) is 7.93. The SMILES string of the molecule is O=C([O-])C(=C(C(=O)[O-])[C@H]1CC[C@@H](O)CC1)[C@H]1CC[C@@H](O)CC1.[Na+].[Na+]. The molecule has 2 aliphatic rings. The number of aliphatic hydroxyl groups is 2. The Morgan fingerprint density at radius 2 is 0.875 bits per heavy atom. The molecule has 2 N–H and O–H groups in total. The van der Waals surface area contributed by atoms with Gasteiger partial charge >= 0.3 is 59.1 Å². The third-order valence-corrected chi connectivity index (χ3v) is 4.94. The van der Waals surface area contributed by atoms with Gasteiger partial charge in [0, 0.05) is 0 Å². The normalized spacial score (nSPS) is 31.1. The molecule has 2 rings (SSSR count). The zero-order valence-corrected chi connectivity index (χ0v) is 18.5. The maximum atomic E-state index is 11.6. The van der Waals surface area contributed by atoms with Crippen molar-refractivity contribution in [2.45, 2.75) is 63.6 Å². The maximum absolute atomic E-state index is 11.6. The van der Waals surface area contributed by atoms with Crippen LogP contribution in [0.15, 0.2) is 11.1 Å². The number of hydrogen-bond donors (Lipinski definition) is 2. The monoisotopic (exact) mass is 356 g/mol. The average molecular weight is 356 g/mol. The number of aliphatic hydroxyl groups excluding tert-OH is 2. The summed E-state index contributed by atoms with van der Waals surface area (Å²) in [6, 6.07) is 0. The molecule has 0 spiro atoms. The van der Waals surface area contributed by atoms with Crippen molar-refractivity contribution in [2.24, 2.45) is 11.8 Å². The fourth-order valence-electron chi connectivity index (χ4n) is 3.72. The Labute approximate surface area is 186 Å². The van der Waals surface area contributed by atoms with E-state index in [1.165, 1.54) is 0 Å². The van der Waals surface area contributed by atoms with E-state index < -0.39 is 36.0 Å². The zero-order chi connectivity index (χ0) is 16.3. The second-order valence-corrected chi connectivity index (χ2v) is 6.41. The van der Waals surface area contributed by atoms with Crippen LogP contribution in [0.2, 0.25) is 0 Å². The molecular formula is C16H22Na2O6. The van der Waals surface area contributed by atoms with Crippen molar-refractivity contribution in [3.05, 3.63) is 11.1 Å². The van der Waals surface area contributed by atoms with Gasteiger partial charge < -0.3 is 30.0 Å². The standard InChI is InChI=1S/C16H24O6.2Na/c17-11-5-1-9(2-6-11)13(15(19)20)14(16(21)22)10-3-7-12(18)8-4-10;;/h9-12,17-18H,1-8H2,(H,19,20)(H,21,22);;/q;2*+1/p-2/t9-,10-,11+,12+;;. The van der Waals surface area contributed by atoms with Crippen molar-refractivity contribution in [3.8, 4) is 0 Å². The van der Waals surface area contributed by atoms with E-state index in [0.29, 0.717) is 51.4 Å². The Balaban J connectivity index is 0.00000264. The number of carbonyl (C=O) groups excluding carboxylic acids is 2. The predicted octanol–water partition coefficient (Wildman–Crippen LogP) is -7.11. The van der Waals surface area contributed by atoms with E-state index >= 15 is 0 Å². The van der Waals surface area contributed by atoms with Crippen LogP contribution in [0.5, 0.6) is 0 Å². The number of hydrogen-bond acceptors (Lipinski definition) is 6. The summed E-state index contributed by atoms with van der Waals surface area (Å²) in [5.41, 5.74) is -0.318. The molecule has 0 radical (unpaired) electrons. The van der Waals surface area contributed by atoms with Gasteiger partial charge in [-0.1, -0.05) is 0 Å². The maximum Gasteiger partial charge on any atom is 1.00 e. The van der Waals surface area contributed by atoms with Gasteiger partial charge in [0.05, 0.1) is 24.1 Å². The molecule has 0 aromatic heterocycles. The van der Waals surface area contributed by atoms with Crippen LogP contribution < -0.4 is 69.3 Å². The molecule has 0 saturated heterocycles. The second kappa shape index (κ2) is 11.3. The minimum absolute atomic E-state index is 0. The van der Waals surface area contributed by atoms with E-state index in [4.69, 9.17) is 0 Å². The summed E-state index contributed by atoms with van der Waals surface area (Å²) in [5, 5.41) is 42.2. The predicted molar refractivity (Wildman–Crippen MR) is 73.0 cm³/mol. The van der Waals surface area contributed by atoms with Crippen molar-refractivity contribution >= 4 is 11.9 Å². The smallest absolute Gasteiger partial charge is 0.545 e.